The van der Waals surface area contributed by atoms with Crippen molar-refractivity contribution in [1.82, 2.24) is 0 Å². The predicted molar refractivity (Wildman–Crippen MR) is 177 cm³/mol. The van der Waals surface area contributed by atoms with Crippen LogP contribution < -0.4 is 0 Å². The minimum absolute atomic E-state index is 0.0342. The minimum Gasteiger partial charge on any atom is -0.463 e. The van der Waals surface area contributed by atoms with Crippen LogP contribution in [0.2, 0.25) is 0 Å². The highest BCUT2D eigenvalue weighted by atomic mass is 16.6. The van der Waals surface area contributed by atoms with Crippen LogP contribution in [0, 0.1) is 17.8 Å². The first-order valence-electron chi connectivity index (χ1n) is 16.8. The Bertz CT molecular complexity index is 1610. The van der Waals surface area contributed by atoms with Gasteiger partial charge in [0.15, 0.2) is 19.8 Å². The Morgan fingerprint density at radius 1 is 0.722 bits per heavy atom. The number of cyclic esters (lactones) is 2. The monoisotopic (exact) mass is 764 g/mol. The van der Waals surface area contributed by atoms with Gasteiger partial charge in [-0.25, -0.2) is 38.4 Å². The van der Waals surface area contributed by atoms with E-state index in [1.807, 2.05) is 0 Å². The summed E-state index contributed by atoms with van der Waals surface area (Å²) in [7, 11) is 0. The quantitative estimate of drug-likeness (QED) is 0.155. The maximum Gasteiger partial charge on any atom is 0.350 e. The van der Waals surface area contributed by atoms with Crippen LogP contribution in [-0.2, 0) is 85.8 Å². The van der Waals surface area contributed by atoms with Crippen LogP contribution in [0.5, 0.6) is 0 Å². The van der Waals surface area contributed by atoms with Crippen molar-refractivity contribution in [2.75, 3.05) is 33.0 Å². The molecule has 3 aliphatic heterocycles. The highest BCUT2D eigenvalue weighted by Gasteiger charge is 2.69. The summed E-state index contributed by atoms with van der Waals surface area (Å²) >= 11 is 0. The molecule has 2 saturated carbocycles. The minimum atomic E-state index is -1.27. The predicted octanol–water partition coefficient (Wildman–Crippen LogP) is 1.31. The first-order chi connectivity index (χ1) is 25.2. The van der Waals surface area contributed by atoms with Gasteiger partial charge in [0.2, 0.25) is 11.2 Å². The summed E-state index contributed by atoms with van der Waals surface area (Å²) in [6, 6.07) is 0. The van der Waals surface area contributed by atoms with E-state index in [0.717, 1.165) is 12.5 Å². The molecule has 0 spiro atoms. The lowest BCUT2D eigenvalue weighted by atomic mass is 9.80. The van der Waals surface area contributed by atoms with E-state index in [-0.39, 0.29) is 54.2 Å². The third-order valence-corrected chi connectivity index (χ3v) is 9.26. The Balaban J connectivity index is 0.000000221. The number of fused-ring (bicyclic) bond motifs is 1. The summed E-state index contributed by atoms with van der Waals surface area (Å²) in [6.45, 7) is 16.5. The third kappa shape index (κ3) is 10.3. The molecule has 0 aromatic rings. The molecule has 5 fully saturated rings. The van der Waals surface area contributed by atoms with E-state index < -0.39 is 84.4 Å². The van der Waals surface area contributed by atoms with E-state index in [4.69, 9.17) is 28.4 Å². The topological polar surface area (TPSA) is 237 Å². The van der Waals surface area contributed by atoms with Crippen molar-refractivity contribution < 1.29 is 85.8 Å². The first kappa shape index (κ1) is 42.9. The Labute approximate surface area is 310 Å². The highest BCUT2D eigenvalue weighted by molar-refractivity contribution is 5.90. The van der Waals surface area contributed by atoms with Gasteiger partial charge in [-0.2, -0.15) is 0 Å². The van der Waals surface area contributed by atoms with Crippen LogP contribution in [0.15, 0.2) is 37.0 Å². The van der Waals surface area contributed by atoms with Gasteiger partial charge in [-0.3, -0.25) is 4.79 Å². The summed E-state index contributed by atoms with van der Waals surface area (Å²) < 4.78 is 43.9. The van der Waals surface area contributed by atoms with E-state index in [9.17, 15) is 43.2 Å². The number of carbonyl (C=O) groups excluding carboxylic acids is 9. The van der Waals surface area contributed by atoms with Gasteiger partial charge in [0.1, 0.15) is 11.7 Å². The molecule has 2 bridgehead atoms. The summed E-state index contributed by atoms with van der Waals surface area (Å²) in [4.78, 5) is 102. The first-order valence-corrected chi connectivity index (χ1v) is 16.8. The summed E-state index contributed by atoms with van der Waals surface area (Å²) in [5.41, 5.74) is -2.93. The molecule has 0 N–H and O–H groups in total. The van der Waals surface area contributed by atoms with Crippen LogP contribution in [0.25, 0.3) is 0 Å². The van der Waals surface area contributed by atoms with Crippen LogP contribution in [0.3, 0.4) is 0 Å². The van der Waals surface area contributed by atoms with Crippen LogP contribution in [0.4, 0.5) is 0 Å². The van der Waals surface area contributed by atoms with E-state index >= 15 is 0 Å². The lowest BCUT2D eigenvalue weighted by Gasteiger charge is -2.36. The normalized spacial score (nSPS) is 29.3. The van der Waals surface area contributed by atoms with Crippen LogP contribution >= 0.6 is 0 Å². The number of hydrogen-bond acceptors (Lipinski definition) is 18. The zero-order chi connectivity index (χ0) is 40.6. The Hall–Kier alpha value is -5.55. The maximum absolute atomic E-state index is 11.9. The fourth-order valence-electron chi connectivity index (χ4n) is 6.25. The molecular formula is C36H44O18. The molecule has 296 valence electrons. The van der Waals surface area contributed by atoms with E-state index in [1.54, 1.807) is 6.92 Å². The second-order valence-electron chi connectivity index (χ2n) is 13.7. The van der Waals surface area contributed by atoms with E-state index in [1.165, 1.54) is 27.7 Å². The zero-order valence-electron chi connectivity index (χ0n) is 30.7. The Morgan fingerprint density at radius 2 is 1.17 bits per heavy atom. The molecule has 7 atom stereocenters. The zero-order valence-corrected chi connectivity index (χ0v) is 30.7. The standard InChI is InChI=1S/C15H18O6.C11H14O6.C10H12O6/c1-7(2)13(17)19-6-11(16)21-15(3)8-4-9-10(5-8)14(18)20-12(9)15;1-7(2)9(13)16-6-8(12)17-11(3)4-5-15-10(11)14;1-3-7(11)15-6-8(12)16-10(2)4-5-14-9(10)13/h8-10,12H,1,4-6H2,2-3H3;1,4-6H2,2-3H3;3H,1,4-6H2,2H3. The van der Waals surface area contributed by atoms with E-state index in [0.29, 0.717) is 19.3 Å². The number of hydrogen-bond donors (Lipinski definition) is 0. The third-order valence-electron chi connectivity index (χ3n) is 9.26. The van der Waals surface area contributed by atoms with Gasteiger partial charge in [0.05, 0.1) is 19.1 Å². The fraction of sp³-hybridized carbons (Fsp3) is 0.583. The van der Waals surface area contributed by atoms with Crippen LogP contribution in [0.1, 0.15) is 60.3 Å². The fourth-order valence-corrected chi connectivity index (χ4v) is 6.25. The van der Waals surface area contributed by atoms with Crippen molar-refractivity contribution in [2.45, 2.75) is 83.2 Å². The molecule has 2 aliphatic carbocycles. The molecule has 0 aromatic heterocycles. The number of ether oxygens (including phenoxy) is 9. The van der Waals surface area contributed by atoms with Crippen molar-refractivity contribution in [3.8, 4) is 0 Å². The highest BCUT2D eigenvalue weighted by Crippen LogP contribution is 2.60. The lowest BCUT2D eigenvalue weighted by Crippen LogP contribution is -2.48. The molecule has 5 aliphatic rings. The molecule has 3 saturated heterocycles. The number of carbonyl (C=O) groups is 9. The van der Waals surface area contributed by atoms with Gasteiger partial charge in [0, 0.05) is 41.9 Å². The van der Waals surface area contributed by atoms with Crippen LogP contribution in [-0.4, -0.2) is 110 Å². The average molecular weight is 765 g/mol. The summed E-state index contributed by atoms with van der Waals surface area (Å²) in [5.74, 6) is -5.35. The van der Waals surface area contributed by atoms with Gasteiger partial charge in [-0.05, 0) is 47.5 Å². The van der Waals surface area contributed by atoms with Gasteiger partial charge in [-0.15, -0.1) is 0 Å². The Kier molecular flexibility index (Phi) is 13.9. The van der Waals surface area contributed by atoms with Crippen molar-refractivity contribution >= 4 is 53.7 Å². The van der Waals surface area contributed by atoms with Gasteiger partial charge in [-0.1, -0.05) is 19.7 Å². The summed E-state index contributed by atoms with van der Waals surface area (Å²) in [6.07, 6.45) is 2.71. The van der Waals surface area contributed by atoms with Gasteiger partial charge in [0.25, 0.3) is 0 Å². The molecule has 7 unspecified atom stereocenters. The maximum atomic E-state index is 11.9. The van der Waals surface area contributed by atoms with Crippen molar-refractivity contribution in [2.24, 2.45) is 17.8 Å². The number of esters is 9. The number of rotatable bonds is 12. The van der Waals surface area contributed by atoms with Crippen molar-refractivity contribution in [1.29, 1.82) is 0 Å². The molecule has 18 nitrogen and oxygen atoms in total. The van der Waals surface area contributed by atoms with Gasteiger partial charge < -0.3 is 42.6 Å². The molecule has 5 rings (SSSR count). The molecule has 0 radical (unpaired) electrons. The van der Waals surface area contributed by atoms with E-state index in [2.05, 4.69) is 33.9 Å². The Morgan fingerprint density at radius 3 is 1.57 bits per heavy atom. The lowest BCUT2D eigenvalue weighted by molar-refractivity contribution is -0.184. The molecule has 0 aromatic carbocycles. The second kappa shape index (κ2) is 17.5. The molecular weight excluding hydrogens is 720 g/mol. The van der Waals surface area contributed by atoms with Crippen molar-refractivity contribution in [3.63, 3.8) is 0 Å². The largest absolute Gasteiger partial charge is 0.463 e. The smallest absolute Gasteiger partial charge is 0.350 e. The molecule has 54 heavy (non-hydrogen) atoms. The second-order valence-corrected chi connectivity index (χ2v) is 13.7. The van der Waals surface area contributed by atoms with Crippen molar-refractivity contribution in [3.05, 3.63) is 37.0 Å². The summed E-state index contributed by atoms with van der Waals surface area (Å²) in [5, 5.41) is 0. The van der Waals surface area contributed by atoms with Gasteiger partial charge >= 0.3 is 53.7 Å². The molecule has 18 heteroatoms. The molecule has 3 heterocycles. The average Bonchev–Trinajstić information content (AvgIpc) is 3.88. The molecule has 0 amide bonds. The SMILES string of the molecule is C=C(C)C(=O)OCC(=O)OC1(C)C2CC3C(=O)OC1C3C2.C=C(C)C(=O)OCC(=O)OC1(C)CCOC1=O.C=CC(=O)OCC(=O)OC1(C)CCOC1=O.